The van der Waals surface area contributed by atoms with Crippen molar-refractivity contribution < 1.29 is 9.21 Å². The number of piperazine rings is 1. The predicted molar refractivity (Wildman–Crippen MR) is 136 cm³/mol. The molecule has 0 bridgehead atoms. The molecule has 0 unspecified atom stereocenters. The van der Waals surface area contributed by atoms with Gasteiger partial charge in [-0.15, -0.1) is 11.3 Å². The zero-order valence-electron chi connectivity index (χ0n) is 18.9. The first-order valence-electron chi connectivity index (χ1n) is 11.9. The van der Waals surface area contributed by atoms with Gasteiger partial charge in [0.05, 0.1) is 11.6 Å². The number of fused-ring (bicyclic) bond motifs is 3. The number of thiophene rings is 1. The van der Waals surface area contributed by atoms with E-state index < -0.39 is 0 Å². The van der Waals surface area contributed by atoms with Crippen LogP contribution < -0.4 is 4.90 Å². The molecule has 34 heavy (non-hydrogen) atoms. The molecule has 1 saturated heterocycles. The van der Waals surface area contributed by atoms with Gasteiger partial charge >= 0.3 is 0 Å². The molecule has 1 fully saturated rings. The lowest BCUT2D eigenvalue weighted by molar-refractivity contribution is -0.126. The summed E-state index contributed by atoms with van der Waals surface area (Å²) in [5.41, 5.74) is 2.48. The fourth-order valence-corrected chi connectivity index (χ4v) is 6.12. The number of aryl methyl sites for hydroxylation is 2. The van der Waals surface area contributed by atoms with Gasteiger partial charge in [-0.1, -0.05) is 30.3 Å². The summed E-state index contributed by atoms with van der Waals surface area (Å²) >= 11 is 1.84. The molecule has 3 aromatic heterocycles. The highest BCUT2D eigenvalue weighted by Gasteiger charge is 2.27. The molecule has 1 aliphatic heterocycles. The second-order valence-corrected chi connectivity index (χ2v) is 9.87. The van der Waals surface area contributed by atoms with Crippen molar-refractivity contribution in [3.05, 3.63) is 71.0 Å². The number of carbonyl (C=O) groups excluding carboxylic acids is 1. The van der Waals surface area contributed by atoms with Crippen molar-refractivity contribution in [3.63, 3.8) is 0 Å². The van der Waals surface area contributed by atoms with Gasteiger partial charge < -0.3 is 14.2 Å². The van der Waals surface area contributed by atoms with E-state index in [0.717, 1.165) is 48.0 Å². The Morgan fingerprint density at radius 3 is 2.59 bits per heavy atom. The van der Waals surface area contributed by atoms with Gasteiger partial charge in [-0.3, -0.25) is 4.79 Å². The normalized spacial score (nSPS) is 16.4. The number of amides is 1. The maximum Gasteiger partial charge on any atom is 0.246 e. The van der Waals surface area contributed by atoms with E-state index in [0.29, 0.717) is 18.8 Å². The van der Waals surface area contributed by atoms with Crippen LogP contribution in [0.3, 0.4) is 0 Å². The monoisotopic (exact) mass is 470 g/mol. The SMILES string of the molecule is O=C(C=Cc1ccco1)N1CCN(c2nc(-c3ccccc3)nc3sc4c(c23)CCCC4)CC1. The third kappa shape index (κ3) is 4.01. The Morgan fingerprint density at radius 1 is 0.971 bits per heavy atom. The lowest BCUT2D eigenvalue weighted by Gasteiger charge is -2.35. The standard InChI is InChI=1S/C27H26N4O2S/c32-23(13-12-20-9-6-18-33-20)30-14-16-31(17-15-30)26-24-21-10-4-5-11-22(21)34-27(24)29-25(28-26)19-7-2-1-3-8-19/h1-3,6-9,12-13,18H,4-5,10-11,14-17H2. The van der Waals surface area contributed by atoms with E-state index in [-0.39, 0.29) is 5.91 Å². The summed E-state index contributed by atoms with van der Waals surface area (Å²) in [4.78, 5) is 29.6. The van der Waals surface area contributed by atoms with Gasteiger partial charge in [0, 0.05) is 42.7 Å². The Morgan fingerprint density at radius 2 is 1.79 bits per heavy atom. The van der Waals surface area contributed by atoms with Gasteiger partial charge in [-0.2, -0.15) is 0 Å². The quantitative estimate of drug-likeness (QED) is 0.384. The first kappa shape index (κ1) is 21.1. The number of anilines is 1. The minimum Gasteiger partial charge on any atom is -0.465 e. The largest absolute Gasteiger partial charge is 0.465 e. The number of aromatic nitrogens is 2. The average molecular weight is 471 g/mol. The van der Waals surface area contributed by atoms with Crippen molar-refractivity contribution in [1.82, 2.24) is 14.9 Å². The van der Waals surface area contributed by atoms with Crippen LogP contribution in [0, 0.1) is 0 Å². The van der Waals surface area contributed by atoms with Crippen LogP contribution in [0.4, 0.5) is 5.82 Å². The van der Waals surface area contributed by atoms with E-state index in [1.54, 1.807) is 18.4 Å². The smallest absolute Gasteiger partial charge is 0.246 e. The summed E-state index contributed by atoms with van der Waals surface area (Å²) in [6, 6.07) is 13.9. The van der Waals surface area contributed by atoms with Crippen molar-refractivity contribution in [3.8, 4) is 11.4 Å². The van der Waals surface area contributed by atoms with Crippen LogP contribution in [-0.4, -0.2) is 47.0 Å². The van der Waals surface area contributed by atoms with Crippen molar-refractivity contribution >= 4 is 39.4 Å². The topological polar surface area (TPSA) is 62.5 Å². The molecule has 7 heteroatoms. The number of furan rings is 1. The zero-order chi connectivity index (χ0) is 22.9. The van der Waals surface area contributed by atoms with Crippen LogP contribution in [0.2, 0.25) is 0 Å². The van der Waals surface area contributed by atoms with Crippen LogP contribution in [0.1, 0.15) is 29.0 Å². The Balaban J connectivity index is 1.30. The number of benzene rings is 1. The maximum absolute atomic E-state index is 12.7. The van der Waals surface area contributed by atoms with E-state index >= 15 is 0 Å². The Hall–Kier alpha value is -3.45. The van der Waals surface area contributed by atoms with Crippen LogP contribution in [0.25, 0.3) is 27.7 Å². The molecule has 6 nitrogen and oxygen atoms in total. The molecule has 4 aromatic rings. The van der Waals surface area contributed by atoms with Gasteiger partial charge in [0.1, 0.15) is 16.4 Å². The lowest BCUT2D eigenvalue weighted by Crippen LogP contribution is -2.48. The van der Waals surface area contributed by atoms with Crippen LogP contribution in [0.5, 0.6) is 0 Å². The highest BCUT2D eigenvalue weighted by molar-refractivity contribution is 7.19. The average Bonchev–Trinajstić information content (AvgIpc) is 3.55. The van der Waals surface area contributed by atoms with E-state index in [1.807, 2.05) is 46.6 Å². The minimum absolute atomic E-state index is 0.0155. The number of hydrogen-bond donors (Lipinski definition) is 0. The summed E-state index contributed by atoms with van der Waals surface area (Å²) in [7, 11) is 0. The lowest BCUT2D eigenvalue weighted by atomic mass is 9.96. The molecule has 6 rings (SSSR count). The highest BCUT2D eigenvalue weighted by Crippen LogP contribution is 2.41. The number of carbonyl (C=O) groups is 1. The van der Waals surface area contributed by atoms with Gasteiger partial charge in [-0.05, 0) is 49.5 Å². The van der Waals surface area contributed by atoms with Gasteiger partial charge in [-0.25, -0.2) is 9.97 Å². The predicted octanol–water partition coefficient (Wildman–Crippen LogP) is 5.19. The van der Waals surface area contributed by atoms with Crippen LogP contribution in [0.15, 0.2) is 59.2 Å². The third-order valence-electron chi connectivity index (χ3n) is 6.65. The first-order chi connectivity index (χ1) is 16.8. The molecule has 1 aromatic carbocycles. The number of nitrogens with zero attached hydrogens (tertiary/aromatic N) is 4. The molecule has 0 atom stereocenters. The highest BCUT2D eigenvalue weighted by atomic mass is 32.1. The van der Waals surface area contributed by atoms with Crippen LogP contribution in [-0.2, 0) is 17.6 Å². The molecule has 1 amide bonds. The molecule has 0 radical (unpaired) electrons. The second kappa shape index (κ2) is 9.06. The molecule has 0 spiro atoms. The van der Waals surface area contributed by atoms with Crippen molar-refractivity contribution in [2.24, 2.45) is 0 Å². The molecular weight excluding hydrogens is 444 g/mol. The van der Waals surface area contributed by atoms with Gasteiger partial charge in [0.25, 0.3) is 0 Å². The Labute approximate surface area is 202 Å². The summed E-state index contributed by atoms with van der Waals surface area (Å²) in [6.45, 7) is 2.84. The van der Waals surface area contributed by atoms with E-state index in [9.17, 15) is 4.79 Å². The number of hydrogen-bond acceptors (Lipinski definition) is 6. The third-order valence-corrected chi connectivity index (χ3v) is 7.84. The van der Waals surface area contributed by atoms with E-state index in [2.05, 4.69) is 17.0 Å². The fourth-order valence-electron chi connectivity index (χ4n) is 4.87. The van der Waals surface area contributed by atoms with Crippen molar-refractivity contribution in [2.75, 3.05) is 31.1 Å². The summed E-state index contributed by atoms with van der Waals surface area (Å²) in [5.74, 6) is 2.51. The van der Waals surface area contributed by atoms with Gasteiger partial charge in [0.15, 0.2) is 5.82 Å². The summed E-state index contributed by atoms with van der Waals surface area (Å²) in [6.07, 6.45) is 9.65. The molecule has 2 aliphatic rings. The molecule has 1 aliphatic carbocycles. The van der Waals surface area contributed by atoms with Gasteiger partial charge in [0.2, 0.25) is 5.91 Å². The molecule has 172 valence electrons. The maximum atomic E-state index is 12.7. The molecule has 0 N–H and O–H groups in total. The first-order valence-corrected chi connectivity index (χ1v) is 12.7. The molecule has 0 saturated carbocycles. The fraction of sp³-hybridized carbons (Fsp3) is 0.296. The molecular formula is C27H26N4O2S. The summed E-state index contributed by atoms with van der Waals surface area (Å²) < 4.78 is 5.29. The zero-order valence-corrected chi connectivity index (χ0v) is 19.8. The second-order valence-electron chi connectivity index (χ2n) is 8.79. The Kier molecular flexibility index (Phi) is 5.63. The van der Waals surface area contributed by atoms with Crippen molar-refractivity contribution in [2.45, 2.75) is 25.7 Å². The Bertz CT molecular complexity index is 1340. The molecule has 4 heterocycles. The van der Waals surface area contributed by atoms with E-state index in [4.69, 9.17) is 14.4 Å². The van der Waals surface area contributed by atoms with Crippen molar-refractivity contribution in [1.29, 1.82) is 0 Å². The summed E-state index contributed by atoms with van der Waals surface area (Å²) in [5, 5.41) is 1.23. The van der Waals surface area contributed by atoms with Crippen LogP contribution >= 0.6 is 11.3 Å². The minimum atomic E-state index is 0.0155. The van der Waals surface area contributed by atoms with E-state index in [1.165, 1.54) is 28.7 Å². The number of rotatable bonds is 4.